The average Bonchev–Trinajstić information content (AvgIpc) is 2.54. The molecule has 1 aliphatic rings. The van der Waals surface area contributed by atoms with Crippen molar-refractivity contribution in [1.82, 2.24) is 4.90 Å². The normalized spacial score (nSPS) is 17.7. The number of aryl methyl sites for hydroxylation is 1. The van der Waals surface area contributed by atoms with Crippen LogP contribution in [0.25, 0.3) is 0 Å². The summed E-state index contributed by atoms with van der Waals surface area (Å²) in [4.78, 5) is 15.3. The fourth-order valence-electron chi connectivity index (χ4n) is 3.49. The summed E-state index contributed by atoms with van der Waals surface area (Å²) in [5.41, 5.74) is 3.55. The van der Waals surface area contributed by atoms with Gasteiger partial charge in [0.15, 0.2) is 5.78 Å². The highest BCUT2D eigenvalue weighted by atomic mass is 16.1. The van der Waals surface area contributed by atoms with Crippen LogP contribution < -0.4 is 0 Å². The number of ketones is 1. The van der Waals surface area contributed by atoms with Crippen LogP contribution in [0, 0.1) is 5.92 Å². The molecule has 1 atom stereocenters. The van der Waals surface area contributed by atoms with E-state index < -0.39 is 0 Å². The molecule has 2 rings (SSSR count). The lowest BCUT2D eigenvalue weighted by molar-refractivity contribution is 0.0882. The molecule has 0 saturated carbocycles. The highest BCUT2D eigenvalue weighted by molar-refractivity contribution is 5.99. The first-order valence-corrected chi connectivity index (χ1v) is 8.54. The van der Waals surface area contributed by atoms with E-state index in [0.717, 1.165) is 38.0 Å². The standard InChI is InChI=1S/C19H29NO/c1-4-16-10-9-11-18(17(16)5-2)19(21)15(3)14-20-12-7-6-8-13-20/h9-11,15H,4-8,12-14H2,1-3H3. The van der Waals surface area contributed by atoms with Gasteiger partial charge < -0.3 is 4.90 Å². The first kappa shape index (κ1) is 16.2. The number of piperidine rings is 1. The predicted molar refractivity (Wildman–Crippen MR) is 89.0 cm³/mol. The van der Waals surface area contributed by atoms with E-state index in [1.165, 1.54) is 30.4 Å². The highest BCUT2D eigenvalue weighted by Crippen LogP contribution is 2.21. The van der Waals surface area contributed by atoms with Gasteiger partial charge in [-0.05, 0) is 49.9 Å². The fourth-order valence-corrected chi connectivity index (χ4v) is 3.49. The minimum atomic E-state index is 0.0977. The van der Waals surface area contributed by atoms with Crippen LogP contribution in [0.2, 0.25) is 0 Å². The van der Waals surface area contributed by atoms with Crippen molar-refractivity contribution in [3.63, 3.8) is 0 Å². The molecule has 1 saturated heterocycles. The van der Waals surface area contributed by atoms with Crippen molar-refractivity contribution in [2.75, 3.05) is 19.6 Å². The van der Waals surface area contributed by atoms with E-state index in [-0.39, 0.29) is 5.92 Å². The van der Waals surface area contributed by atoms with Gasteiger partial charge in [-0.3, -0.25) is 4.79 Å². The molecule has 2 nitrogen and oxygen atoms in total. The van der Waals surface area contributed by atoms with Gasteiger partial charge in [-0.1, -0.05) is 45.4 Å². The predicted octanol–water partition coefficient (Wildman–Crippen LogP) is 4.12. The van der Waals surface area contributed by atoms with Crippen molar-refractivity contribution in [2.24, 2.45) is 5.92 Å². The molecule has 0 radical (unpaired) electrons. The van der Waals surface area contributed by atoms with Crippen LogP contribution >= 0.6 is 0 Å². The quantitative estimate of drug-likeness (QED) is 0.734. The summed E-state index contributed by atoms with van der Waals surface area (Å²) in [7, 11) is 0. The maximum absolute atomic E-state index is 12.8. The number of likely N-dealkylation sites (tertiary alicyclic amines) is 1. The number of nitrogens with zero attached hydrogens (tertiary/aromatic N) is 1. The zero-order valence-corrected chi connectivity index (χ0v) is 13.8. The number of Topliss-reactive ketones (excluding diaryl/α,β-unsaturated/α-hetero) is 1. The molecule has 0 spiro atoms. The Morgan fingerprint density at radius 1 is 1.14 bits per heavy atom. The second kappa shape index (κ2) is 7.74. The molecule has 0 N–H and O–H groups in total. The summed E-state index contributed by atoms with van der Waals surface area (Å²) in [5, 5.41) is 0. The van der Waals surface area contributed by atoms with Crippen LogP contribution in [-0.4, -0.2) is 30.3 Å². The molecule has 116 valence electrons. The van der Waals surface area contributed by atoms with Crippen LogP contribution in [0.15, 0.2) is 18.2 Å². The first-order valence-electron chi connectivity index (χ1n) is 8.54. The van der Waals surface area contributed by atoms with Crippen molar-refractivity contribution in [3.8, 4) is 0 Å². The molecule has 2 heteroatoms. The monoisotopic (exact) mass is 287 g/mol. The topological polar surface area (TPSA) is 20.3 Å². The third-order valence-electron chi connectivity index (χ3n) is 4.70. The zero-order valence-electron chi connectivity index (χ0n) is 13.8. The summed E-state index contributed by atoms with van der Waals surface area (Å²) in [6.07, 6.45) is 5.86. The van der Waals surface area contributed by atoms with Crippen LogP contribution in [0.3, 0.4) is 0 Å². The number of rotatable bonds is 6. The van der Waals surface area contributed by atoms with Gasteiger partial charge in [0.25, 0.3) is 0 Å². The minimum absolute atomic E-state index is 0.0977. The highest BCUT2D eigenvalue weighted by Gasteiger charge is 2.22. The van der Waals surface area contributed by atoms with Gasteiger partial charge in [-0.15, -0.1) is 0 Å². The molecule has 1 heterocycles. The van der Waals surface area contributed by atoms with Gasteiger partial charge in [-0.25, -0.2) is 0 Å². The van der Waals surface area contributed by atoms with Gasteiger partial charge in [0, 0.05) is 18.0 Å². The van der Waals surface area contributed by atoms with Gasteiger partial charge in [0.2, 0.25) is 0 Å². The van der Waals surface area contributed by atoms with E-state index in [1.54, 1.807) is 0 Å². The Labute approximate surface area is 129 Å². The van der Waals surface area contributed by atoms with E-state index in [1.807, 2.05) is 12.1 Å². The van der Waals surface area contributed by atoms with Gasteiger partial charge in [0.05, 0.1) is 0 Å². The Hall–Kier alpha value is -1.15. The Balaban J connectivity index is 2.11. The molecule has 0 aromatic heterocycles. The number of hydrogen-bond acceptors (Lipinski definition) is 2. The first-order chi connectivity index (χ1) is 10.2. The molecule has 0 aliphatic carbocycles. The largest absolute Gasteiger partial charge is 0.303 e. The molecule has 21 heavy (non-hydrogen) atoms. The average molecular weight is 287 g/mol. The van der Waals surface area contributed by atoms with Crippen molar-refractivity contribution >= 4 is 5.78 Å². The fraction of sp³-hybridized carbons (Fsp3) is 0.632. The number of carbonyl (C=O) groups excluding carboxylic acids is 1. The van der Waals surface area contributed by atoms with E-state index in [2.05, 4.69) is 31.7 Å². The second-order valence-corrected chi connectivity index (χ2v) is 6.28. The van der Waals surface area contributed by atoms with Crippen LogP contribution in [0.4, 0.5) is 0 Å². The second-order valence-electron chi connectivity index (χ2n) is 6.28. The molecule has 1 aromatic carbocycles. The molecule has 1 fully saturated rings. The van der Waals surface area contributed by atoms with Crippen LogP contribution in [0.1, 0.15) is 61.5 Å². The molecule has 1 aromatic rings. The lowest BCUT2D eigenvalue weighted by Crippen LogP contribution is -2.36. The van der Waals surface area contributed by atoms with Gasteiger partial charge >= 0.3 is 0 Å². The summed E-state index contributed by atoms with van der Waals surface area (Å²) in [6, 6.07) is 6.22. The third-order valence-corrected chi connectivity index (χ3v) is 4.70. The zero-order chi connectivity index (χ0) is 15.2. The Kier molecular flexibility index (Phi) is 5.98. The van der Waals surface area contributed by atoms with Crippen molar-refractivity contribution in [1.29, 1.82) is 0 Å². The van der Waals surface area contributed by atoms with Crippen LogP contribution in [-0.2, 0) is 12.8 Å². The number of benzene rings is 1. The SMILES string of the molecule is CCc1cccc(C(=O)C(C)CN2CCCCC2)c1CC. The van der Waals surface area contributed by atoms with E-state index >= 15 is 0 Å². The molecule has 0 amide bonds. The molecule has 1 unspecified atom stereocenters. The van der Waals surface area contributed by atoms with Gasteiger partial charge in [-0.2, -0.15) is 0 Å². The van der Waals surface area contributed by atoms with Crippen LogP contribution in [0.5, 0.6) is 0 Å². The summed E-state index contributed by atoms with van der Waals surface area (Å²) >= 11 is 0. The van der Waals surface area contributed by atoms with E-state index in [9.17, 15) is 4.79 Å². The van der Waals surface area contributed by atoms with Crippen molar-refractivity contribution in [2.45, 2.75) is 52.9 Å². The Morgan fingerprint density at radius 3 is 2.48 bits per heavy atom. The number of hydrogen-bond donors (Lipinski definition) is 0. The van der Waals surface area contributed by atoms with Crippen molar-refractivity contribution < 1.29 is 4.79 Å². The summed E-state index contributed by atoms with van der Waals surface area (Å²) < 4.78 is 0. The summed E-state index contributed by atoms with van der Waals surface area (Å²) in [5.74, 6) is 0.424. The van der Waals surface area contributed by atoms with E-state index in [0.29, 0.717) is 5.78 Å². The third kappa shape index (κ3) is 3.94. The number of carbonyl (C=O) groups is 1. The molecule has 1 aliphatic heterocycles. The smallest absolute Gasteiger partial charge is 0.167 e. The molecular weight excluding hydrogens is 258 g/mol. The summed E-state index contributed by atoms with van der Waals surface area (Å²) in [6.45, 7) is 9.65. The molecular formula is C19H29NO. The lowest BCUT2D eigenvalue weighted by Gasteiger charge is -2.29. The van der Waals surface area contributed by atoms with E-state index in [4.69, 9.17) is 0 Å². The Morgan fingerprint density at radius 2 is 1.86 bits per heavy atom. The maximum atomic E-state index is 12.8. The minimum Gasteiger partial charge on any atom is -0.303 e. The Bertz CT molecular complexity index is 474. The van der Waals surface area contributed by atoms with Crippen molar-refractivity contribution in [3.05, 3.63) is 34.9 Å². The lowest BCUT2D eigenvalue weighted by atomic mass is 9.90. The maximum Gasteiger partial charge on any atom is 0.167 e. The molecule has 0 bridgehead atoms. The van der Waals surface area contributed by atoms with Gasteiger partial charge in [0.1, 0.15) is 0 Å².